The SMILES string of the molecule is COc1ccc(C(OC[C@H]2O[C@@H](n3cc(C)c(OC)nc3=O)C[C@@H]2OP(OCCc2ccc([N+](=O)[O-])cc2)N(C(C)C)C(C)C)(c2ccccc2)c2ccc(OC)cc2)cc1. The molecule has 0 spiro atoms. The number of benzene rings is 4. The predicted molar refractivity (Wildman–Crippen MR) is 233 cm³/mol. The maximum atomic E-state index is 13.5. The number of hydrogen-bond donors (Lipinski definition) is 0. The fraction of sp³-hybridized carbons (Fsp3) is 0.391. The lowest BCUT2D eigenvalue weighted by Gasteiger charge is -2.39. The molecule has 0 N–H and O–H groups in total. The van der Waals surface area contributed by atoms with E-state index in [4.69, 9.17) is 32.7 Å². The molecule has 4 atom stereocenters. The van der Waals surface area contributed by atoms with Crippen LogP contribution in [0.15, 0.2) is 114 Å². The number of hydrogen-bond acceptors (Lipinski definition) is 12. The Bertz CT molecular complexity index is 2180. The molecule has 15 heteroatoms. The molecular weight excluding hydrogens is 799 g/mol. The second kappa shape index (κ2) is 20.6. The highest BCUT2D eigenvalue weighted by Crippen LogP contribution is 2.51. The maximum absolute atomic E-state index is 13.5. The summed E-state index contributed by atoms with van der Waals surface area (Å²) in [6.45, 7) is 10.5. The van der Waals surface area contributed by atoms with E-state index in [0.29, 0.717) is 36.5 Å². The van der Waals surface area contributed by atoms with Gasteiger partial charge in [-0.1, -0.05) is 66.7 Å². The van der Waals surface area contributed by atoms with Crippen LogP contribution in [0.2, 0.25) is 0 Å². The summed E-state index contributed by atoms with van der Waals surface area (Å²) in [7, 11) is 3.04. The topological polar surface area (TPSA) is 146 Å². The lowest BCUT2D eigenvalue weighted by atomic mass is 9.80. The molecule has 0 amide bonds. The number of nitrogens with zero attached hydrogens (tertiary/aromatic N) is 4. The fourth-order valence-electron chi connectivity index (χ4n) is 7.65. The normalized spacial score (nSPS) is 17.2. The highest BCUT2D eigenvalue weighted by Gasteiger charge is 2.45. The number of nitro groups is 1. The quantitative estimate of drug-likeness (QED) is 0.0319. The molecule has 1 aliphatic heterocycles. The van der Waals surface area contributed by atoms with E-state index in [1.807, 2.05) is 85.8 Å². The van der Waals surface area contributed by atoms with Crippen molar-refractivity contribution in [3.8, 4) is 17.4 Å². The van der Waals surface area contributed by atoms with Crippen molar-refractivity contribution in [3.05, 3.63) is 158 Å². The average Bonchev–Trinajstić information content (AvgIpc) is 3.67. The van der Waals surface area contributed by atoms with Gasteiger partial charge in [-0.15, -0.1) is 0 Å². The maximum Gasteiger partial charge on any atom is 0.352 e. The number of aryl methyl sites for hydroxylation is 1. The molecule has 324 valence electrons. The number of nitro benzene ring substituents is 1. The number of ether oxygens (including phenoxy) is 5. The van der Waals surface area contributed by atoms with Gasteiger partial charge in [0.25, 0.3) is 14.2 Å². The molecule has 6 rings (SSSR count). The Labute approximate surface area is 358 Å². The summed E-state index contributed by atoms with van der Waals surface area (Å²) in [6.07, 6.45) is 0.448. The number of methoxy groups -OCH3 is 3. The minimum atomic E-state index is -1.71. The molecule has 0 radical (unpaired) electrons. The molecule has 0 bridgehead atoms. The van der Waals surface area contributed by atoms with Crippen molar-refractivity contribution < 1.29 is 37.7 Å². The van der Waals surface area contributed by atoms with Crippen molar-refractivity contribution in [1.82, 2.24) is 14.2 Å². The molecule has 1 saturated heterocycles. The van der Waals surface area contributed by atoms with Crippen LogP contribution >= 0.6 is 8.53 Å². The lowest BCUT2D eigenvalue weighted by Crippen LogP contribution is -2.39. The first kappa shape index (κ1) is 45.3. The van der Waals surface area contributed by atoms with Crippen molar-refractivity contribution in [2.45, 2.75) is 83.6 Å². The average molecular weight is 855 g/mol. The molecule has 1 aliphatic rings. The predicted octanol–water partition coefficient (Wildman–Crippen LogP) is 8.77. The van der Waals surface area contributed by atoms with E-state index in [0.717, 1.165) is 22.3 Å². The summed E-state index contributed by atoms with van der Waals surface area (Å²) in [4.78, 5) is 28.5. The van der Waals surface area contributed by atoms with E-state index in [9.17, 15) is 14.9 Å². The molecule has 14 nitrogen and oxygen atoms in total. The molecule has 0 saturated carbocycles. The van der Waals surface area contributed by atoms with E-state index in [-0.39, 0.29) is 30.3 Å². The van der Waals surface area contributed by atoms with E-state index in [1.54, 1.807) is 32.5 Å². The standard InChI is InChI=1S/C46H55N4O10P/c1-31(2)49(32(3)4)61(58-27-26-34-14-20-38(21-15-34)50(52)53)60-41-28-43(48-29-33(5)44(56-8)47-45(48)51)59-42(41)30-57-46(35-12-10-9-11-13-35,36-16-22-39(54-6)23-17-36)37-18-24-40(55-7)25-19-37/h9-25,29,31-32,41-43H,26-28,30H2,1-8H3/t41-,42+,43+,61?/m0/s1. The number of aromatic nitrogens is 2. The van der Waals surface area contributed by atoms with Crippen LogP contribution in [0.3, 0.4) is 0 Å². The van der Waals surface area contributed by atoms with Gasteiger partial charge >= 0.3 is 5.69 Å². The van der Waals surface area contributed by atoms with Crippen LogP contribution < -0.4 is 19.9 Å². The zero-order valence-corrected chi connectivity index (χ0v) is 36.8. The molecule has 1 aromatic heterocycles. The van der Waals surface area contributed by atoms with E-state index in [2.05, 4.69) is 37.3 Å². The van der Waals surface area contributed by atoms with Crippen LogP contribution in [0, 0.1) is 17.0 Å². The largest absolute Gasteiger partial charge is 0.497 e. The Balaban J connectivity index is 1.39. The molecule has 1 unspecified atom stereocenters. The van der Waals surface area contributed by atoms with Gasteiger partial charge in [-0.05, 0) is 87.6 Å². The zero-order chi connectivity index (χ0) is 43.7. The first-order valence-electron chi connectivity index (χ1n) is 20.3. The van der Waals surface area contributed by atoms with Crippen LogP contribution in [-0.4, -0.2) is 78.0 Å². The van der Waals surface area contributed by atoms with E-state index in [1.165, 1.54) is 23.8 Å². The molecule has 0 aliphatic carbocycles. The van der Waals surface area contributed by atoms with Gasteiger partial charge in [0.2, 0.25) is 5.88 Å². The summed E-state index contributed by atoms with van der Waals surface area (Å²) in [5.41, 5.74) is 2.52. The van der Waals surface area contributed by atoms with Crippen molar-refractivity contribution in [1.29, 1.82) is 0 Å². The van der Waals surface area contributed by atoms with Crippen LogP contribution in [0.1, 0.15) is 68.2 Å². The zero-order valence-electron chi connectivity index (χ0n) is 35.9. The first-order valence-corrected chi connectivity index (χ1v) is 21.4. The fourth-order valence-corrected chi connectivity index (χ4v) is 9.40. The monoisotopic (exact) mass is 854 g/mol. The smallest absolute Gasteiger partial charge is 0.352 e. The second-order valence-electron chi connectivity index (χ2n) is 15.3. The van der Waals surface area contributed by atoms with Gasteiger partial charge in [-0.2, -0.15) is 4.98 Å². The highest BCUT2D eigenvalue weighted by atomic mass is 31.2. The molecule has 61 heavy (non-hydrogen) atoms. The summed E-state index contributed by atoms with van der Waals surface area (Å²) in [5, 5.41) is 11.3. The van der Waals surface area contributed by atoms with Crippen LogP contribution in [0.5, 0.6) is 17.4 Å². The van der Waals surface area contributed by atoms with Gasteiger partial charge in [0.05, 0.1) is 45.6 Å². The Hall–Kier alpha value is -5.21. The third kappa shape index (κ3) is 10.5. The van der Waals surface area contributed by atoms with E-state index < -0.39 is 43.2 Å². The molecular formula is C46H55N4O10P. The highest BCUT2D eigenvalue weighted by molar-refractivity contribution is 7.44. The van der Waals surface area contributed by atoms with Gasteiger partial charge in [0, 0.05) is 42.4 Å². The summed E-state index contributed by atoms with van der Waals surface area (Å²) in [5.74, 6) is 1.64. The van der Waals surface area contributed by atoms with Crippen molar-refractivity contribution in [2.75, 3.05) is 34.5 Å². The summed E-state index contributed by atoms with van der Waals surface area (Å²) in [6, 6.07) is 32.2. The van der Waals surface area contributed by atoms with E-state index >= 15 is 0 Å². The molecule has 5 aromatic rings. The number of rotatable bonds is 20. The van der Waals surface area contributed by atoms with Crippen LogP contribution in [-0.2, 0) is 30.5 Å². The Morgan fingerprint density at radius 1 is 0.852 bits per heavy atom. The van der Waals surface area contributed by atoms with Gasteiger partial charge in [-0.3, -0.25) is 14.7 Å². The van der Waals surface area contributed by atoms with Gasteiger partial charge in [-0.25, -0.2) is 9.46 Å². The van der Waals surface area contributed by atoms with Gasteiger partial charge in [0.1, 0.15) is 29.4 Å². The summed E-state index contributed by atoms with van der Waals surface area (Å²) >= 11 is 0. The third-order valence-corrected chi connectivity index (χ3v) is 12.8. The summed E-state index contributed by atoms with van der Waals surface area (Å²) < 4.78 is 48.0. The number of non-ortho nitro benzene ring substituents is 1. The van der Waals surface area contributed by atoms with Crippen molar-refractivity contribution in [3.63, 3.8) is 0 Å². The van der Waals surface area contributed by atoms with Crippen LogP contribution in [0.4, 0.5) is 5.69 Å². The third-order valence-electron chi connectivity index (χ3n) is 10.6. The Morgan fingerprint density at radius 2 is 1.43 bits per heavy atom. The van der Waals surface area contributed by atoms with Crippen molar-refractivity contribution in [2.24, 2.45) is 0 Å². The first-order chi connectivity index (χ1) is 29.4. The minimum Gasteiger partial charge on any atom is -0.497 e. The van der Waals surface area contributed by atoms with Crippen LogP contribution in [0.25, 0.3) is 0 Å². The van der Waals surface area contributed by atoms with Gasteiger partial charge in [0.15, 0.2) is 0 Å². The second-order valence-corrected chi connectivity index (χ2v) is 16.7. The Morgan fingerprint density at radius 3 is 1.95 bits per heavy atom. The molecule has 4 aromatic carbocycles. The lowest BCUT2D eigenvalue weighted by molar-refractivity contribution is -0.384. The Kier molecular flexibility index (Phi) is 15.3. The van der Waals surface area contributed by atoms with Gasteiger partial charge < -0.3 is 32.7 Å². The molecule has 1 fully saturated rings. The minimum absolute atomic E-state index is 0.0294. The van der Waals surface area contributed by atoms with Crippen molar-refractivity contribution >= 4 is 14.2 Å². The molecule has 2 heterocycles.